The lowest BCUT2D eigenvalue weighted by atomic mass is 10.1. The van der Waals surface area contributed by atoms with Gasteiger partial charge in [-0.15, -0.1) is 11.8 Å². The molecule has 2 heterocycles. The van der Waals surface area contributed by atoms with Gasteiger partial charge in [-0.25, -0.2) is 14.8 Å². The van der Waals surface area contributed by atoms with Gasteiger partial charge in [-0.2, -0.15) is 0 Å². The van der Waals surface area contributed by atoms with E-state index in [1.54, 1.807) is 7.05 Å². The van der Waals surface area contributed by atoms with Crippen LogP contribution in [0.2, 0.25) is 0 Å². The summed E-state index contributed by atoms with van der Waals surface area (Å²) in [5.74, 6) is 0.516. The molecule has 0 N–H and O–H groups in total. The van der Waals surface area contributed by atoms with E-state index in [0.717, 1.165) is 21.3 Å². The van der Waals surface area contributed by atoms with Crippen LogP contribution in [0.4, 0.5) is 0 Å². The lowest BCUT2D eigenvalue weighted by molar-refractivity contribution is 0.703. The van der Waals surface area contributed by atoms with Crippen molar-refractivity contribution < 1.29 is 0 Å². The summed E-state index contributed by atoms with van der Waals surface area (Å²) in [5, 5.41) is 0.950. The van der Waals surface area contributed by atoms with Crippen LogP contribution < -0.4 is 11.2 Å². The maximum atomic E-state index is 12.5. The summed E-state index contributed by atoms with van der Waals surface area (Å²) in [6.07, 6.45) is 1.86. The molecule has 124 valence electrons. The van der Waals surface area contributed by atoms with Crippen molar-refractivity contribution in [3.8, 4) is 11.4 Å². The highest BCUT2D eigenvalue weighted by molar-refractivity contribution is 7.98. The Morgan fingerprint density at radius 1 is 0.958 bits per heavy atom. The number of benzene rings is 1. The maximum Gasteiger partial charge on any atom is 0.332 e. The largest absolute Gasteiger partial charge is 0.332 e. The van der Waals surface area contributed by atoms with Crippen LogP contribution in [0.1, 0.15) is 11.1 Å². The average Bonchev–Trinajstić information content (AvgIpc) is 2.55. The highest BCUT2D eigenvalue weighted by atomic mass is 32.2. The third-order valence-electron chi connectivity index (χ3n) is 3.94. The first-order valence-electron chi connectivity index (χ1n) is 7.44. The second-order valence-corrected chi connectivity index (χ2v) is 6.63. The first-order valence-corrected chi connectivity index (χ1v) is 8.66. The Morgan fingerprint density at radius 3 is 2.17 bits per heavy atom. The van der Waals surface area contributed by atoms with E-state index < -0.39 is 5.69 Å². The second kappa shape index (κ2) is 5.90. The molecule has 0 spiro atoms. The van der Waals surface area contributed by atoms with E-state index in [1.807, 2.05) is 32.2 Å². The minimum Gasteiger partial charge on any atom is -0.280 e. The first kappa shape index (κ1) is 16.4. The Morgan fingerprint density at radius 2 is 1.58 bits per heavy atom. The molecule has 0 saturated heterocycles. The van der Waals surface area contributed by atoms with Gasteiger partial charge >= 0.3 is 5.69 Å². The van der Waals surface area contributed by atoms with Gasteiger partial charge in [0.25, 0.3) is 5.56 Å². The van der Waals surface area contributed by atoms with Gasteiger partial charge in [-0.1, -0.05) is 17.2 Å². The van der Waals surface area contributed by atoms with Crippen LogP contribution in [0.15, 0.2) is 32.8 Å². The third kappa shape index (κ3) is 2.54. The molecule has 1 aromatic carbocycles. The van der Waals surface area contributed by atoms with Crippen molar-refractivity contribution >= 4 is 22.8 Å². The molecule has 2 aromatic heterocycles. The van der Waals surface area contributed by atoms with Crippen molar-refractivity contribution in [3.63, 3.8) is 0 Å². The summed E-state index contributed by atoms with van der Waals surface area (Å²) >= 11 is 1.37. The fourth-order valence-electron chi connectivity index (χ4n) is 2.81. The van der Waals surface area contributed by atoms with E-state index in [1.165, 1.54) is 23.4 Å². The molecule has 0 saturated carbocycles. The highest BCUT2D eigenvalue weighted by Gasteiger charge is 2.17. The molecule has 0 radical (unpaired) electrons. The third-order valence-corrected chi connectivity index (χ3v) is 4.62. The number of aromatic nitrogens is 4. The van der Waals surface area contributed by atoms with Crippen LogP contribution in [0, 0.1) is 13.8 Å². The van der Waals surface area contributed by atoms with Gasteiger partial charge in [0, 0.05) is 19.7 Å². The zero-order valence-corrected chi connectivity index (χ0v) is 15.1. The second-order valence-electron chi connectivity index (χ2n) is 5.84. The van der Waals surface area contributed by atoms with E-state index in [4.69, 9.17) is 0 Å². The number of aryl methyl sites for hydroxylation is 3. The van der Waals surface area contributed by atoms with Crippen molar-refractivity contribution in [2.45, 2.75) is 18.9 Å². The van der Waals surface area contributed by atoms with Gasteiger partial charge in [-0.3, -0.25) is 13.9 Å². The summed E-state index contributed by atoms with van der Waals surface area (Å²) in [5.41, 5.74) is 2.68. The van der Waals surface area contributed by atoms with Gasteiger partial charge < -0.3 is 0 Å². The molecule has 0 aliphatic rings. The molecule has 0 aliphatic carbocycles. The van der Waals surface area contributed by atoms with Crippen LogP contribution in [-0.4, -0.2) is 25.4 Å². The van der Waals surface area contributed by atoms with Crippen molar-refractivity contribution in [2.75, 3.05) is 6.26 Å². The van der Waals surface area contributed by atoms with Crippen LogP contribution in [0.5, 0.6) is 0 Å². The van der Waals surface area contributed by atoms with Crippen LogP contribution >= 0.6 is 11.8 Å². The Bertz CT molecular complexity index is 1060. The SMILES string of the molecule is CSc1nc(-c2cc(C)cc(C)c2)nc2c1c(=O)n(C)c(=O)n2C. The molecule has 0 amide bonds. The highest BCUT2D eigenvalue weighted by Crippen LogP contribution is 2.25. The average molecular weight is 342 g/mol. The Labute approximate surface area is 143 Å². The minimum absolute atomic E-state index is 0.358. The number of hydrogen-bond donors (Lipinski definition) is 0. The van der Waals surface area contributed by atoms with E-state index in [-0.39, 0.29) is 5.56 Å². The standard InChI is InChI=1S/C17H18N4O2S/c1-9-6-10(2)8-11(7-9)13-18-14-12(15(19-13)24-5)16(22)21(4)17(23)20(14)3/h6-8H,1-5H3. The zero-order valence-electron chi connectivity index (χ0n) is 14.2. The summed E-state index contributed by atoms with van der Waals surface area (Å²) in [6, 6.07) is 6.07. The van der Waals surface area contributed by atoms with Crippen molar-refractivity contribution in [3.05, 3.63) is 50.2 Å². The molecule has 0 atom stereocenters. The number of rotatable bonds is 2. The molecule has 0 bridgehead atoms. The quantitative estimate of drug-likeness (QED) is 0.526. The van der Waals surface area contributed by atoms with Gasteiger partial charge in [-0.05, 0) is 32.2 Å². The normalized spacial score (nSPS) is 11.2. The predicted octanol–water partition coefficient (Wildman–Crippen LogP) is 2.03. The predicted molar refractivity (Wildman–Crippen MR) is 96.7 cm³/mol. The minimum atomic E-state index is -0.398. The lowest BCUT2D eigenvalue weighted by Crippen LogP contribution is -2.37. The number of thioether (sulfide) groups is 1. The van der Waals surface area contributed by atoms with Crippen LogP contribution in [-0.2, 0) is 14.1 Å². The van der Waals surface area contributed by atoms with Gasteiger partial charge in [0.05, 0.1) is 0 Å². The van der Waals surface area contributed by atoms with E-state index >= 15 is 0 Å². The molecule has 3 aromatic rings. The molecule has 0 aliphatic heterocycles. The fourth-order valence-corrected chi connectivity index (χ4v) is 3.37. The van der Waals surface area contributed by atoms with E-state index in [0.29, 0.717) is 21.9 Å². The first-order chi connectivity index (χ1) is 11.3. The van der Waals surface area contributed by atoms with Crippen LogP contribution in [0.3, 0.4) is 0 Å². The fraction of sp³-hybridized carbons (Fsp3) is 0.294. The molecule has 3 rings (SSSR count). The lowest BCUT2D eigenvalue weighted by Gasteiger charge is -2.11. The maximum absolute atomic E-state index is 12.5. The molecule has 24 heavy (non-hydrogen) atoms. The number of fused-ring (bicyclic) bond motifs is 1. The zero-order chi connectivity index (χ0) is 17.6. The smallest absolute Gasteiger partial charge is 0.280 e. The molecule has 0 fully saturated rings. The summed E-state index contributed by atoms with van der Waals surface area (Å²) in [4.78, 5) is 33.8. The molecule has 6 nitrogen and oxygen atoms in total. The number of hydrogen-bond acceptors (Lipinski definition) is 5. The molecular weight excluding hydrogens is 324 g/mol. The van der Waals surface area contributed by atoms with Gasteiger partial charge in [0.2, 0.25) is 0 Å². The molecule has 0 unspecified atom stereocenters. The van der Waals surface area contributed by atoms with E-state index in [9.17, 15) is 9.59 Å². The monoisotopic (exact) mass is 342 g/mol. The van der Waals surface area contributed by atoms with Gasteiger partial charge in [0.1, 0.15) is 10.4 Å². The Kier molecular flexibility index (Phi) is 4.04. The summed E-state index contributed by atoms with van der Waals surface area (Å²) in [7, 11) is 3.08. The Hall–Kier alpha value is -2.41. The van der Waals surface area contributed by atoms with Crippen molar-refractivity contribution in [1.82, 2.24) is 19.1 Å². The van der Waals surface area contributed by atoms with Crippen molar-refractivity contribution in [1.29, 1.82) is 0 Å². The van der Waals surface area contributed by atoms with Crippen LogP contribution in [0.25, 0.3) is 22.4 Å². The Balaban J connectivity index is 2.45. The summed E-state index contributed by atoms with van der Waals surface area (Å²) in [6.45, 7) is 4.02. The summed E-state index contributed by atoms with van der Waals surface area (Å²) < 4.78 is 2.48. The number of nitrogens with zero attached hydrogens (tertiary/aromatic N) is 4. The molecular formula is C17H18N4O2S. The van der Waals surface area contributed by atoms with Gasteiger partial charge in [0.15, 0.2) is 11.5 Å². The molecule has 7 heteroatoms. The topological polar surface area (TPSA) is 69.8 Å². The van der Waals surface area contributed by atoms with E-state index in [2.05, 4.69) is 16.0 Å². The van der Waals surface area contributed by atoms with Crippen molar-refractivity contribution in [2.24, 2.45) is 14.1 Å².